The topological polar surface area (TPSA) is 53.9 Å². The van der Waals surface area contributed by atoms with Gasteiger partial charge in [0.15, 0.2) is 0 Å². The van der Waals surface area contributed by atoms with Crippen molar-refractivity contribution in [3.05, 3.63) is 87.4 Å². The molecule has 0 radical (unpaired) electrons. The van der Waals surface area contributed by atoms with Gasteiger partial charge in [-0.15, -0.1) is 11.8 Å². The number of carbonyl (C=O) groups excluding carboxylic acids is 1. The highest BCUT2D eigenvalue weighted by atomic mass is 35.5. The molecule has 1 aliphatic heterocycles. The van der Waals surface area contributed by atoms with Crippen LogP contribution < -0.4 is 15.1 Å². The van der Waals surface area contributed by atoms with Crippen LogP contribution in [0.3, 0.4) is 0 Å². The fourth-order valence-corrected chi connectivity index (χ4v) is 5.28. The number of halogens is 1. The molecule has 3 aromatic rings. The van der Waals surface area contributed by atoms with Gasteiger partial charge in [0.1, 0.15) is 5.75 Å². The van der Waals surface area contributed by atoms with Gasteiger partial charge in [0, 0.05) is 29.3 Å². The molecule has 0 aromatic heterocycles. The van der Waals surface area contributed by atoms with E-state index >= 15 is 0 Å². The maximum atomic E-state index is 13.1. The van der Waals surface area contributed by atoms with Crippen LogP contribution in [-0.4, -0.2) is 25.5 Å². The lowest BCUT2D eigenvalue weighted by Crippen LogP contribution is -2.20. The van der Waals surface area contributed by atoms with Gasteiger partial charge >= 0.3 is 0 Å². The molecule has 7 heteroatoms. The van der Waals surface area contributed by atoms with Crippen molar-refractivity contribution in [1.29, 1.82) is 0 Å². The zero-order valence-corrected chi connectivity index (χ0v) is 21.3. The van der Waals surface area contributed by atoms with Crippen LogP contribution in [0, 0.1) is 0 Å². The fourth-order valence-electron chi connectivity index (χ4n) is 4.64. The van der Waals surface area contributed by atoms with Gasteiger partial charge in [0.25, 0.3) is 5.91 Å². The molecule has 0 fully saturated rings. The number of hydrazone groups is 1. The van der Waals surface area contributed by atoms with Gasteiger partial charge in [-0.1, -0.05) is 17.7 Å². The molecule has 5 rings (SSSR count). The highest BCUT2D eigenvalue weighted by Gasteiger charge is 2.24. The average molecular weight is 504 g/mol. The summed E-state index contributed by atoms with van der Waals surface area (Å²) in [7, 11) is 0. The highest BCUT2D eigenvalue weighted by molar-refractivity contribution is 7.98. The Hall–Kier alpha value is -3.22. The van der Waals surface area contributed by atoms with Crippen LogP contribution in [0.1, 0.15) is 40.4 Å². The summed E-state index contributed by atoms with van der Waals surface area (Å²) < 4.78 is 5.56. The first-order chi connectivity index (χ1) is 17.0. The monoisotopic (exact) mass is 503 g/mol. The SMILES string of the molecule is C=NN(C1=C(C)CCc2ccc(NC(=O)c3cc4c(cc3Cl)OCC4)cc21)c1ccc(SC)cc1. The molecule has 5 nitrogen and oxygen atoms in total. The van der Waals surface area contributed by atoms with Crippen LogP contribution in [-0.2, 0) is 12.8 Å². The molecule has 35 heavy (non-hydrogen) atoms. The first-order valence-electron chi connectivity index (χ1n) is 11.5. The summed E-state index contributed by atoms with van der Waals surface area (Å²) in [6, 6.07) is 17.9. The molecule has 3 aromatic carbocycles. The summed E-state index contributed by atoms with van der Waals surface area (Å²) in [4.78, 5) is 14.3. The zero-order chi connectivity index (χ0) is 24.5. The Kier molecular flexibility index (Phi) is 6.58. The number of ether oxygens (including phenoxy) is 1. The summed E-state index contributed by atoms with van der Waals surface area (Å²) in [6.07, 6.45) is 4.71. The lowest BCUT2D eigenvalue weighted by molar-refractivity contribution is 0.102. The van der Waals surface area contributed by atoms with Crippen LogP contribution >= 0.6 is 23.4 Å². The third kappa shape index (κ3) is 4.56. The quantitative estimate of drug-likeness (QED) is 0.222. The van der Waals surface area contributed by atoms with E-state index in [4.69, 9.17) is 16.3 Å². The third-order valence-corrected chi connectivity index (χ3v) is 7.55. The maximum absolute atomic E-state index is 13.1. The van der Waals surface area contributed by atoms with Crippen molar-refractivity contribution in [1.82, 2.24) is 0 Å². The summed E-state index contributed by atoms with van der Waals surface area (Å²) in [6.45, 7) is 6.60. The lowest BCUT2D eigenvalue weighted by Gasteiger charge is -2.29. The van der Waals surface area contributed by atoms with E-state index in [1.165, 1.54) is 16.0 Å². The number of nitrogens with one attached hydrogen (secondary N) is 1. The highest BCUT2D eigenvalue weighted by Crippen LogP contribution is 2.38. The first-order valence-corrected chi connectivity index (χ1v) is 13.1. The number of nitrogens with zero attached hydrogens (tertiary/aromatic N) is 2. The number of benzene rings is 3. The minimum absolute atomic E-state index is 0.242. The number of rotatable bonds is 6. The van der Waals surface area contributed by atoms with Crippen molar-refractivity contribution >= 4 is 53.1 Å². The van der Waals surface area contributed by atoms with Crippen LogP contribution in [0.15, 0.2) is 70.2 Å². The zero-order valence-electron chi connectivity index (χ0n) is 19.7. The molecule has 0 unspecified atom stereocenters. The Morgan fingerprint density at radius 1 is 1.09 bits per heavy atom. The first kappa shape index (κ1) is 23.5. The predicted molar refractivity (Wildman–Crippen MR) is 146 cm³/mol. The Labute approximate surface area is 214 Å². The lowest BCUT2D eigenvalue weighted by atomic mass is 9.89. The van der Waals surface area contributed by atoms with Gasteiger partial charge in [-0.05, 0) is 91.3 Å². The molecule has 0 spiro atoms. The van der Waals surface area contributed by atoms with Crippen molar-refractivity contribution in [2.24, 2.45) is 5.10 Å². The van der Waals surface area contributed by atoms with Crippen molar-refractivity contribution in [2.45, 2.75) is 31.1 Å². The average Bonchev–Trinajstić information content (AvgIpc) is 3.33. The number of allylic oxidation sites excluding steroid dienone is 1. The molecule has 0 saturated carbocycles. The van der Waals surface area contributed by atoms with Crippen LogP contribution in [0.2, 0.25) is 5.02 Å². The van der Waals surface area contributed by atoms with Crippen LogP contribution in [0.25, 0.3) is 5.70 Å². The smallest absolute Gasteiger partial charge is 0.257 e. The van der Waals surface area contributed by atoms with Crippen molar-refractivity contribution < 1.29 is 9.53 Å². The molecule has 1 aliphatic carbocycles. The minimum Gasteiger partial charge on any atom is -0.493 e. The predicted octanol–water partition coefficient (Wildman–Crippen LogP) is 7.05. The molecule has 178 valence electrons. The standard InChI is InChI=1S/C28H26ClN3O2S/c1-17-4-5-18-6-7-20(31-28(33)24-14-19-12-13-34-26(19)16-25(24)29)15-23(18)27(17)32(30-2)21-8-10-22(35-3)11-9-21/h6-11,14-16H,2,4-5,12-13H2,1,3H3,(H,31,33). The number of hydrogen-bond donors (Lipinski definition) is 1. The molecule has 0 bridgehead atoms. The second kappa shape index (κ2) is 9.80. The second-order valence-corrected chi connectivity index (χ2v) is 9.93. The van der Waals surface area contributed by atoms with Crippen LogP contribution in [0.4, 0.5) is 11.4 Å². The normalized spacial score (nSPS) is 14.1. The molecule has 0 atom stereocenters. The molecule has 1 N–H and O–H groups in total. The Bertz CT molecular complexity index is 1350. The largest absolute Gasteiger partial charge is 0.493 e. The van der Waals surface area contributed by atoms with Crippen LogP contribution in [0.5, 0.6) is 5.75 Å². The van der Waals surface area contributed by atoms with Gasteiger partial charge in [0.2, 0.25) is 0 Å². The molecular weight excluding hydrogens is 478 g/mol. The van der Waals surface area contributed by atoms with E-state index in [-0.39, 0.29) is 5.91 Å². The molecule has 1 heterocycles. The van der Waals surface area contributed by atoms with E-state index in [9.17, 15) is 4.79 Å². The molecule has 1 amide bonds. The van der Waals surface area contributed by atoms with Gasteiger partial charge in [-0.25, -0.2) is 5.01 Å². The van der Waals surface area contributed by atoms with Crippen molar-refractivity contribution in [2.75, 3.05) is 23.2 Å². The number of aryl methyl sites for hydroxylation is 1. The summed E-state index contributed by atoms with van der Waals surface area (Å²) in [5, 5.41) is 9.68. The van der Waals surface area contributed by atoms with Crippen molar-refractivity contribution in [3.8, 4) is 5.75 Å². The Balaban J connectivity index is 1.47. The minimum atomic E-state index is -0.242. The number of anilines is 2. The van der Waals surface area contributed by atoms with E-state index in [0.717, 1.165) is 47.5 Å². The number of fused-ring (bicyclic) bond motifs is 2. The number of amides is 1. The number of thioether (sulfide) groups is 1. The molecule has 0 saturated heterocycles. The van der Waals surface area contributed by atoms with E-state index < -0.39 is 0 Å². The van der Waals surface area contributed by atoms with E-state index in [2.05, 4.69) is 60.6 Å². The van der Waals surface area contributed by atoms with Gasteiger partial charge < -0.3 is 10.1 Å². The van der Waals surface area contributed by atoms with Gasteiger partial charge in [0.05, 0.1) is 28.6 Å². The van der Waals surface area contributed by atoms with Gasteiger partial charge in [-0.3, -0.25) is 4.79 Å². The maximum Gasteiger partial charge on any atom is 0.257 e. The van der Waals surface area contributed by atoms with E-state index in [1.807, 2.05) is 23.2 Å². The molecule has 2 aliphatic rings. The van der Waals surface area contributed by atoms with E-state index in [1.54, 1.807) is 17.8 Å². The molecular formula is C28H26ClN3O2S. The second-order valence-electron chi connectivity index (χ2n) is 8.64. The fraction of sp³-hybridized carbons (Fsp3) is 0.214. The number of carbonyl (C=O) groups is 1. The Morgan fingerprint density at radius 3 is 2.63 bits per heavy atom. The number of hydrogen-bond acceptors (Lipinski definition) is 5. The van der Waals surface area contributed by atoms with Crippen molar-refractivity contribution in [3.63, 3.8) is 0 Å². The Morgan fingerprint density at radius 2 is 1.89 bits per heavy atom. The van der Waals surface area contributed by atoms with E-state index in [0.29, 0.717) is 22.9 Å². The summed E-state index contributed by atoms with van der Waals surface area (Å²) in [5.41, 5.74) is 7.59. The summed E-state index contributed by atoms with van der Waals surface area (Å²) >= 11 is 8.10. The third-order valence-electron chi connectivity index (χ3n) is 6.49. The summed E-state index contributed by atoms with van der Waals surface area (Å²) in [5.74, 6) is 0.516. The van der Waals surface area contributed by atoms with Gasteiger partial charge in [-0.2, -0.15) is 5.10 Å².